The van der Waals surface area contributed by atoms with E-state index in [-0.39, 0.29) is 0 Å². The van der Waals surface area contributed by atoms with E-state index in [0.717, 1.165) is 25.3 Å². The van der Waals surface area contributed by atoms with Crippen LogP contribution in [0.4, 0.5) is 0 Å². The summed E-state index contributed by atoms with van der Waals surface area (Å²) < 4.78 is 5.28. The lowest BCUT2D eigenvalue weighted by atomic mass is 10.0. The van der Waals surface area contributed by atoms with Gasteiger partial charge in [0, 0.05) is 12.6 Å². The van der Waals surface area contributed by atoms with Gasteiger partial charge in [-0.1, -0.05) is 32.0 Å². The number of benzene rings is 2. The molecule has 0 aliphatic carbocycles. The molecule has 3 nitrogen and oxygen atoms in total. The molecule has 2 rings (SSSR count). The first kappa shape index (κ1) is 15.8. The molecule has 114 valence electrons. The maximum Gasteiger partial charge on any atom is 0.119 e. The lowest BCUT2D eigenvalue weighted by Gasteiger charge is -2.30. The van der Waals surface area contributed by atoms with Crippen LogP contribution >= 0.6 is 0 Å². The topological polar surface area (TPSA) is 38.5 Å². The summed E-state index contributed by atoms with van der Waals surface area (Å²) in [5, 5.41) is 2.44. The highest BCUT2D eigenvalue weighted by molar-refractivity contribution is 5.84. The van der Waals surface area contributed by atoms with Gasteiger partial charge >= 0.3 is 0 Å². The molecule has 0 saturated carbocycles. The Hall–Kier alpha value is -1.58. The summed E-state index contributed by atoms with van der Waals surface area (Å²) in [7, 11) is 1.70. The molecule has 0 spiro atoms. The molecule has 2 N–H and O–H groups in total. The van der Waals surface area contributed by atoms with Crippen molar-refractivity contribution in [3.05, 3.63) is 42.0 Å². The fourth-order valence-electron chi connectivity index (χ4n) is 2.89. The number of rotatable bonds is 7. The number of methoxy groups -OCH3 is 1. The molecule has 0 fully saturated rings. The summed E-state index contributed by atoms with van der Waals surface area (Å²) in [5.41, 5.74) is 7.34. The Morgan fingerprint density at radius 3 is 2.43 bits per heavy atom. The van der Waals surface area contributed by atoms with E-state index in [4.69, 9.17) is 10.5 Å². The minimum Gasteiger partial charge on any atom is -0.497 e. The number of likely N-dealkylation sites (N-methyl/N-ethyl adjacent to an activating group) is 1. The first-order valence-electron chi connectivity index (χ1n) is 7.75. The Balaban J connectivity index is 2.35. The fourth-order valence-corrected chi connectivity index (χ4v) is 2.89. The van der Waals surface area contributed by atoms with E-state index in [0.29, 0.717) is 12.6 Å². The normalized spacial score (nSPS) is 12.8. The minimum atomic E-state index is 0.293. The predicted molar refractivity (Wildman–Crippen MR) is 89.8 cm³/mol. The van der Waals surface area contributed by atoms with Crippen LogP contribution in [0.3, 0.4) is 0 Å². The SMILES string of the molecule is CCCN(CC)C(CN)c1ccc2cc(OC)ccc2c1. The van der Waals surface area contributed by atoms with Gasteiger partial charge < -0.3 is 10.5 Å². The Kier molecular flexibility index (Phi) is 5.59. The molecule has 3 heteroatoms. The van der Waals surface area contributed by atoms with E-state index >= 15 is 0 Å². The van der Waals surface area contributed by atoms with Crippen LogP contribution in [0.2, 0.25) is 0 Å². The smallest absolute Gasteiger partial charge is 0.119 e. The fraction of sp³-hybridized carbons (Fsp3) is 0.444. The van der Waals surface area contributed by atoms with E-state index in [1.165, 1.54) is 16.3 Å². The van der Waals surface area contributed by atoms with Gasteiger partial charge in [-0.3, -0.25) is 4.90 Å². The number of fused-ring (bicyclic) bond motifs is 1. The molecule has 0 bridgehead atoms. The predicted octanol–water partition coefficient (Wildman–Crippen LogP) is 3.58. The van der Waals surface area contributed by atoms with Crippen molar-refractivity contribution in [3.63, 3.8) is 0 Å². The summed E-state index contributed by atoms with van der Waals surface area (Å²) in [6, 6.07) is 13.1. The van der Waals surface area contributed by atoms with Crippen LogP contribution in [0.5, 0.6) is 5.75 Å². The van der Waals surface area contributed by atoms with Crippen LogP contribution in [0.15, 0.2) is 36.4 Å². The summed E-state index contributed by atoms with van der Waals surface area (Å²) in [4.78, 5) is 2.45. The molecule has 0 amide bonds. The quantitative estimate of drug-likeness (QED) is 0.845. The van der Waals surface area contributed by atoms with Gasteiger partial charge in [-0.25, -0.2) is 0 Å². The Morgan fingerprint density at radius 2 is 1.81 bits per heavy atom. The van der Waals surface area contributed by atoms with Gasteiger partial charge in [0.2, 0.25) is 0 Å². The van der Waals surface area contributed by atoms with Gasteiger partial charge in [0.15, 0.2) is 0 Å². The zero-order valence-electron chi connectivity index (χ0n) is 13.3. The van der Waals surface area contributed by atoms with Crippen molar-refractivity contribution in [2.75, 3.05) is 26.7 Å². The van der Waals surface area contributed by atoms with Crippen molar-refractivity contribution < 1.29 is 4.74 Å². The number of hydrogen-bond donors (Lipinski definition) is 1. The Labute approximate surface area is 127 Å². The van der Waals surface area contributed by atoms with Crippen molar-refractivity contribution in [1.82, 2.24) is 4.90 Å². The minimum absolute atomic E-state index is 0.293. The number of nitrogens with zero attached hydrogens (tertiary/aromatic N) is 1. The third-order valence-electron chi connectivity index (χ3n) is 4.04. The third-order valence-corrected chi connectivity index (χ3v) is 4.04. The average molecular weight is 286 g/mol. The molecule has 0 saturated heterocycles. The maximum atomic E-state index is 6.04. The van der Waals surface area contributed by atoms with Crippen LogP contribution in [-0.2, 0) is 0 Å². The molecule has 2 aromatic carbocycles. The van der Waals surface area contributed by atoms with Gasteiger partial charge in [-0.05, 0) is 54.0 Å². The molecule has 21 heavy (non-hydrogen) atoms. The highest BCUT2D eigenvalue weighted by Gasteiger charge is 2.17. The number of ether oxygens (including phenoxy) is 1. The van der Waals surface area contributed by atoms with Crippen LogP contribution in [0, 0.1) is 0 Å². The number of nitrogens with two attached hydrogens (primary N) is 1. The van der Waals surface area contributed by atoms with E-state index in [9.17, 15) is 0 Å². The van der Waals surface area contributed by atoms with Crippen molar-refractivity contribution >= 4 is 10.8 Å². The highest BCUT2D eigenvalue weighted by atomic mass is 16.5. The largest absolute Gasteiger partial charge is 0.497 e. The average Bonchev–Trinajstić information content (AvgIpc) is 2.54. The summed E-state index contributed by atoms with van der Waals surface area (Å²) in [5.74, 6) is 0.895. The Bertz CT molecular complexity index is 582. The molecule has 0 aliphatic rings. The van der Waals surface area contributed by atoms with Crippen molar-refractivity contribution in [2.24, 2.45) is 5.73 Å². The molecule has 2 aromatic rings. The molecule has 0 radical (unpaired) electrons. The van der Waals surface area contributed by atoms with E-state index < -0.39 is 0 Å². The van der Waals surface area contributed by atoms with Crippen molar-refractivity contribution in [3.8, 4) is 5.75 Å². The molecule has 1 unspecified atom stereocenters. The summed E-state index contributed by atoms with van der Waals surface area (Å²) in [6.07, 6.45) is 1.15. The van der Waals surface area contributed by atoms with Crippen molar-refractivity contribution in [2.45, 2.75) is 26.3 Å². The van der Waals surface area contributed by atoms with Crippen LogP contribution in [0.1, 0.15) is 31.9 Å². The standard InChI is InChI=1S/C18H26N2O/c1-4-10-20(5-2)18(13-19)16-7-6-15-12-17(21-3)9-8-14(15)11-16/h6-9,11-12,18H,4-5,10,13,19H2,1-3H3. The highest BCUT2D eigenvalue weighted by Crippen LogP contribution is 2.26. The van der Waals surface area contributed by atoms with Gasteiger partial charge in [0.25, 0.3) is 0 Å². The van der Waals surface area contributed by atoms with E-state index in [1.807, 2.05) is 6.07 Å². The molecular formula is C18H26N2O. The van der Waals surface area contributed by atoms with E-state index in [1.54, 1.807) is 7.11 Å². The summed E-state index contributed by atoms with van der Waals surface area (Å²) in [6.45, 7) is 7.16. The molecular weight excluding hydrogens is 260 g/mol. The molecule has 0 heterocycles. The molecule has 0 aliphatic heterocycles. The van der Waals surface area contributed by atoms with Gasteiger partial charge in [-0.15, -0.1) is 0 Å². The summed E-state index contributed by atoms with van der Waals surface area (Å²) >= 11 is 0. The third kappa shape index (κ3) is 3.55. The first-order chi connectivity index (χ1) is 10.2. The van der Waals surface area contributed by atoms with Crippen LogP contribution < -0.4 is 10.5 Å². The van der Waals surface area contributed by atoms with Gasteiger partial charge in [-0.2, -0.15) is 0 Å². The van der Waals surface area contributed by atoms with Crippen LogP contribution in [0.25, 0.3) is 10.8 Å². The number of hydrogen-bond acceptors (Lipinski definition) is 3. The lowest BCUT2D eigenvalue weighted by molar-refractivity contribution is 0.213. The second-order valence-corrected chi connectivity index (χ2v) is 5.35. The second kappa shape index (κ2) is 7.43. The Morgan fingerprint density at radius 1 is 1.10 bits per heavy atom. The maximum absolute atomic E-state index is 6.04. The molecule has 0 aromatic heterocycles. The van der Waals surface area contributed by atoms with Crippen LogP contribution in [-0.4, -0.2) is 31.6 Å². The zero-order valence-corrected chi connectivity index (χ0v) is 13.3. The second-order valence-electron chi connectivity index (χ2n) is 5.35. The van der Waals surface area contributed by atoms with Crippen molar-refractivity contribution in [1.29, 1.82) is 0 Å². The van der Waals surface area contributed by atoms with Gasteiger partial charge in [0.1, 0.15) is 5.75 Å². The lowest BCUT2D eigenvalue weighted by Crippen LogP contribution is -2.34. The monoisotopic (exact) mass is 286 g/mol. The van der Waals surface area contributed by atoms with Gasteiger partial charge in [0.05, 0.1) is 7.11 Å². The molecule has 1 atom stereocenters. The first-order valence-corrected chi connectivity index (χ1v) is 7.75. The zero-order chi connectivity index (χ0) is 15.2. The van der Waals surface area contributed by atoms with E-state index in [2.05, 4.69) is 49.1 Å².